The first-order chi connectivity index (χ1) is 8.25. The van der Waals surface area contributed by atoms with Gasteiger partial charge in [0, 0.05) is 18.3 Å². The number of thioether (sulfide) groups is 1. The van der Waals surface area contributed by atoms with Gasteiger partial charge in [0.2, 0.25) is 0 Å². The topological polar surface area (TPSA) is 32.3 Å². The Hall–Kier alpha value is -0.380. The number of phenolic OH excluding ortho intramolecular Hbond substituents is 1. The number of hydrogen-bond acceptors (Lipinski definition) is 3. The van der Waals surface area contributed by atoms with Gasteiger partial charge in [0.1, 0.15) is 5.75 Å². The van der Waals surface area contributed by atoms with Gasteiger partial charge in [-0.3, -0.25) is 0 Å². The van der Waals surface area contributed by atoms with Crippen molar-refractivity contribution in [3.05, 3.63) is 28.8 Å². The predicted octanol–water partition coefficient (Wildman–Crippen LogP) is 3.42. The zero-order valence-corrected chi connectivity index (χ0v) is 11.4. The maximum Gasteiger partial charge on any atom is 0.134 e. The molecule has 0 bridgehead atoms. The van der Waals surface area contributed by atoms with E-state index in [-0.39, 0.29) is 5.75 Å². The lowest BCUT2D eigenvalue weighted by Crippen LogP contribution is -2.26. The Morgan fingerprint density at radius 2 is 2.29 bits per heavy atom. The Balaban J connectivity index is 1.75. The molecule has 0 aliphatic carbocycles. The lowest BCUT2D eigenvalue weighted by atomic mass is 10.2. The summed E-state index contributed by atoms with van der Waals surface area (Å²) in [6, 6.07) is 5.37. The van der Waals surface area contributed by atoms with E-state index in [1.165, 1.54) is 25.0 Å². The van der Waals surface area contributed by atoms with E-state index in [0.29, 0.717) is 5.02 Å². The second-order valence-electron chi connectivity index (χ2n) is 4.41. The van der Waals surface area contributed by atoms with Crippen molar-refractivity contribution in [2.45, 2.75) is 31.1 Å². The molecule has 0 saturated carbocycles. The Labute approximate surface area is 112 Å². The normalized spacial score (nSPS) is 20.4. The van der Waals surface area contributed by atoms with Gasteiger partial charge >= 0.3 is 0 Å². The van der Waals surface area contributed by atoms with Crippen LogP contribution in [0.4, 0.5) is 0 Å². The van der Waals surface area contributed by atoms with Crippen LogP contribution in [0.15, 0.2) is 18.2 Å². The summed E-state index contributed by atoms with van der Waals surface area (Å²) in [6.45, 7) is 1.88. The molecule has 4 heteroatoms. The Morgan fingerprint density at radius 3 is 3.00 bits per heavy atom. The molecule has 1 aliphatic heterocycles. The molecule has 2 nitrogen and oxygen atoms in total. The number of hydrogen-bond donors (Lipinski definition) is 2. The van der Waals surface area contributed by atoms with Crippen LogP contribution < -0.4 is 5.32 Å². The van der Waals surface area contributed by atoms with Crippen LogP contribution >= 0.6 is 23.4 Å². The highest BCUT2D eigenvalue weighted by molar-refractivity contribution is 7.99. The Kier molecular flexibility index (Phi) is 5.01. The minimum Gasteiger partial charge on any atom is -0.506 e. The molecule has 0 amide bonds. The van der Waals surface area contributed by atoms with E-state index in [2.05, 4.69) is 17.1 Å². The zero-order chi connectivity index (χ0) is 12.1. The van der Waals surface area contributed by atoms with E-state index in [4.69, 9.17) is 11.6 Å². The van der Waals surface area contributed by atoms with Crippen molar-refractivity contribution < 1.29 is 5.11 Å². The van der Waals surface area contributed by atoms with Gasteiger partial charge < -0.3 is 10.4 Å². The van der Waals surface area contributed by atoms with Crippen molar-refractivity contribution in [3.8, 4) is 5.75 Å². The van der Waals surface area contributed by atoms with Crippen molar-refractivity contribution in [3.63, 3.8) is 0 Å². The molecular weight excluding hydrogens is 254 g/mol. The third-order valence-corrected chi connectivity index (χ3v) is 4.69. The number of benzene rings is 1. The fourth-order valence-corrected chi connectivity index (χ4v) is 3.48. The summed E-state index contributed by atoms with van der Waals surface area (Å²) in [4.78, 5) is 0. The maximum absolute atomic E-state index is 9.32. The molecule has 1 unspecified atom stereocenters. The lowest BCUT2D eigenvalue weighted by Gasteiger charge is -2.21. The van der Waals surface area contributed by atoms with E-state index in [9.17, 15) is 5.11 Å². The monoisotopic (exact) mass is 271 g/mol. The largest absolute Gasteiger partial charge is 0.506 e. The summed E-state index contributed by atoms with van der Waals surface area (Å²) < 4.78 is 0. The minimum absolute atomic E-state index is 0.151. The molecule has 1 aromatic rings. The fraction of sp³-hybridized carbons (Fsp3) is 0.538. The van der Waals surface area contributed by atoms with E-state index >= 15 is 0 Å². The van der Waals surface area contributed by atoms with E-state index < -0.39 is 0 Å². The van der Waals surface area contributed by atoms with Crippen LogP contribution in [0.5, 0.6) is 5.75 Å². The minimum atomic E-state index is 0.151. The maximum atomic E-state index is 9.32. The van der Waals surface area contributed by atoms with Crippen LogP contribution in [0.25, 0.3) is 0 Å². The van der Waals surface area contributed by atoms with Crippen molar-refractivity contribution >= 4 is 23.4 Å². The summed E-state index contributed by atoms with van der Waals surface area (Å²) >= 11 is 7.93. The number of aromatic hydroxyl groups is 1. The summed E-state index contributed by atoms with van der Waals surface area (Å²) in [7, 11) is 0. The first kappa shape index (κ1) is 13.1. The van der Waals surface area contributed by atoms with Crippen LogP contribution in [0, 0.1) is 0 Å². The van der Waals surface area contributed by atoms with Crippen LogP contribution in [0.3, 0.4) is 0 Å². The highest BCUT2D eigenvalue weighted by Gasteiger charge is 2.12. The molecule has 0 spiro atoms. The molecule has 2 rings (SSSR count). The second kappa shape index (κ2) is 6.53. The van der Waals surface area contributed by atoms with Crippen molar-refractivity contribution in [2.75, 3.05) is 12.3 Å². The molecule has 1 fully saturated rings. The van der Waals surface area contributed by atoms with Crippen molar-refractivity contribution in [1.82, 2.24) is 5.32 Å². The van der Waals surface area contributed by atoms with Crippen molar-refractivity contribution in [1.29, 1.82) is 0 Å². The first-order valence-electron chi connectivity index (χ1n) is 6.05. The van der Waals surface area contributed by atoms with Gasteiger partial charge in [0.15, 0.2) is 0 Å². The first-order valence-corrected chi connectivity index (χ1v) is 7.48. The molecule has 1 heterocycles. The fourth-order valence-electron chi connectivity index (χ4n) is 2.01. The molecule has 1 aliphatic rings. The van der Waals surface area contributed by atoms with Crippen LogP contribution in [-0.2, 0) is 6.54 Å². The van der Waals surface area contributed by atoms with Crippen molar-refractivity contribution in [2.24, 2.45) is 0 Å². The highest BCUT2D eigenvalue weighted by Crippen LogP contribution is 2.25. The molecule has 17 heavy (non-hydrogen) atoms. The van der Waals surface area contributed by atoms with Gasteiger partial charge in [-0.05, 0) is 36.3 Å². The molecule has 1 saturated heterocycles. The molecule has 0 aromatic heterocycles. The highest BCUT2D eigenvalue weighted by atomic mass is 35.5. The summed E-state index contributed by atoms with van der Waals surface area (Å²) in [6.07, 6.45) is 4.06. The Morgan fingerprint density at radius 1 is 1.41 bits per heavy atom. The third kappa shape index (κ3) is 4.09. The average molecular weight is 272 g/mol. The Bertz CT molecular complexity index is 366. The smallest absolute Gasteiger partial charge is 0.134 e. The standard InChI is InChI=1S/C13H18ClNOS/c14-12-7-10(4-5-13(12)16)8-15-9-11-3-1-2-6-17-11/h4-5,7,11,15-16H,1-3,6,8-9H2. The van der Waals surface area contributed by atoms with Gasteiger partial charge in [-0.1, -0.05) is 24.1 Å². The number of rotatable bonds is 4. The van der Waals surface area contributed by atoms with Crippen LogP contribution in [0.2, 0.25) is 5.02 Å². The quantitative estimate of drug-likeness (QED) is 0.880. The third-order valence-electron chi connectivity index (χ3n) is 2.99. The average Bonchev–Trinajstić information content (AvgIpc) is 2.35. The summed E-state index contributed by atoms with van der Waals surface area (Å²) in [5.74, 6) is 1.45. The molecule has 0 radical (unpaired) electrons. The SMILES string of the molecule is Oc1ccc(CNCC2CCCCS2)cc1Cl. The van der Waals surface area contributed by atoms with E-state index in [0.717, 1.165) is 23.9 Å². The van der Waals surface area contributed by atoms with Crippen LogP contribution in [-0.4, -0.2) is 22.7 Å². The molecule has 1 aromatic carbocycles. The second-order valence-corrected chi connectivity index (χ2v) is 6.22. The lowest BCUT2D eigenvalue weighted by molar-refractivity contribution is 0.475. The number of halogens is 1. The van der Waals surface area contributed by atoms with E-state index in [1.54, 1.807) is 6.07 Å². The van der Waals surface area contributed by atoms with Gasteiger partial charge in [-0.15, -0.1) is 0 Å². The predicted molar refractivity (Wildman–Crippen MR) is 74.9 cm³/mol. The van der Waals surface area contributed by atoms with Gasteiger partial charge in [-0.2, -0.15) is 11.8 Å². The molecule has 94 valence electrons. The summed E-state index contributed by atoms with van der Waals surface area (Å²) in [5, 5.41) is 14.0. The van der Waals surface area contributed by atoms with Gasteiger partial charge in [0.05, 0.1) is 5.02 Å². The molecule has 2 N–H and O–H groups in total. The summed E-state index contributed by atoms with van der Waals surface area (Å²) in [5.41, 5.74) is 1.12. The molecular formula is C13H18ClNOS. The van der Waals surface area contributed by atoms with E-state index in [1.807, 2.05) is 12.1 Å². The van der Waals surface area contributed by atoms with Gasteiger partial charge in [-0.25, -0.2) is 0 Å². The number of nitrogens with one attached hydrogen (secondary N) is 1. The zero-order valence-electron chi connectivity index (χ0n) is 9.79. The number of phenols is 1. The van der Waals surface area contributed by atoms with Gasteiger partial charge in [0.25, 0.3) is 0 Å². The molecule has 1 atom stereocenters. The van der Waals surface area contributed by atoms with Crippen LogP contribution in [0.1, 0.15) is 24.8 Å².